The van der Waals surface area contributed by atoms with Gasteiger partial charge in [-0.05, 0) is 32.9 Å². The first-order chi connectivity index (χ1) is 8.44. The fourth-order valence-electron chi connectivity index (χ4n) is 1.49. The summed E-state index contributed by atoms with van der Waals surface area (Å²) in [5.74, 6) is 0.850. The molecule has 0 atom stereocenters. The molecule has 2 rings (SSSR count). The summed E-state index contributed by atoms with van der Waals surface area (Å²) in [7, 11) is 1.58. The summed E-state index contributed by atoms with van der Waals surface area (Å²) in [6, 6.07) is 5.22. The van der Waals surface area contributed by atoms with Crippen molar-refractivity contribution < 1.29 is 14.4 Å². The van der Waals surface area contributed by atoms with Gasteiger partial charge in [-0.2, -0.15) is 4.98 Å². The Labute approximate surface area is 105 Å². The lowest BCUT2D eigenvalue weighted by molar-refractivity contribution is 0.00973. The third kappa shape index (κ3) is 2.22. The van der Waals surface area contributed by atoms with Crippen LogP contribution < -0.4 is 0 Å². The second kappa shape index (κ2) is 4.42. The van der Waals surface area contributed by atoms with Gasteiger partial charge in [-0.3, -0.25) is 0 Å². The summed E-state index contributed by atoms with van der Waals surface area (Å²) in [5.41, 5.74) is 0.912. The average molecular weight is 248 g/mol. The second-order valence-electron chi connectivity index (χ2n) is 4.66. The minimum Gasteiger partial charge on any atom is -0.507 e. The Kier molecular flexibility index (Phi) is 3.09. The van der Waals surface area contributed by atoms with Gasteiger partial charge in [-0.25, -0.2) is 0 Å². The number of methoxy groups -OCH3 is 1. The summed E-state index contributed by atoms with van der Waals surface area (Å²) in [6.45, 7) is 5.62. The Morgan fingerprint density at radius 3 is 2.72 bits per heavy atom. The number of benzene rings is 1. The van der Waals surface area contributed by atoms with E-state index in [-0.39, 0.29) is 11.6 Å². The van der Waals surface area contributed by atoms with Crippen molar-refractivity contribution in [2.24, 2.45) is 0 Å². The summed E-state index contributed by atoms with van der Waals surface area (Å²) in [6.07, 6.45) is 0. The molecule has 0 spiro atoms. The number of ether oxygens (including phenoxy) is 1. The highest BCUT2D eigenvalue weighted by Crippen LogP contribution is 2.30. The molecule has 1 aromatic carbocycles. The maximum Gasteiger partial charge on any atom is 0.261 e. The number of hydrogen-bond donors (Lipinski definition) is 1. The zero-order chi connectivity index (χ0) is 13.3. The standard InChI is InChI=1S/C13H16N2O3/c1-8-5-6-10(16)9(7-8)11-14-12(15-18-11)13(2,3)17-4/h5-7,16H,1-4H3. The molecule has 18 heavy (non-hydrogen) atoms. The number of hydrogen-bond acceptors (Lipinski definition) is 5. The number of aryl methyl sites for hydroxylation is 1. The minimum absolute atomic E-state index is 0.117. The first-order valence-corrected chi connectivity index (χ1v) is 5.63. The molecule has 0 amide bonds. The molecule has 0 aliphatic carbocycles. The molecule has 0 radical (unpaired) electrons. The Morgan fingerprint density at radius 2 is 2.06 bits per heavy atom. The van der Waals surface area contributed by atoms with Gasteiger partial charge < -0.3 is 14.4 Å². The van der Waals surface area contributed by atoms with Crippen molar-refractivity contribution in [2.45, 2.75) is 26.4 Å². The van der Waals surface area contributed by atoms with Crippen LogP contribution in [0.2, 0.25) is 0 Å². The minimum atomic E-state index is -0.624. The predicted molar refractivity (Wildman–Crippen MR) is 66.2 cm³/mol. The lowest BCUT2D eigenvalue weighted by atomic mass is 10.1. The molecule has 1 heterocycles. The van der Waals surface area contributed by atoms with Crippen LogP contribution in [0.1, 0.15) is 25.2 Å². The van der Waals surface area contributed by atoms with E-state index in [0.29, 0.717) is 11.4 Å². The lowest BCUT2D eigenvalue weighted by Crippen LogP contribution is -2.21. The van der Waals surface area contributed by atoms with Crippen LogP contribution in [0.4, 0.5) is 0 Å². The fraction of sp³-hybridized carbons (Fsp3) is 0.385. The van der Waals surface area contributed by atoms with E-state index in [1.807, 2.05) is 26.8 Å². The number of aromatic hydroxyl groups is 1. The van der Waals surface area contributed by atoms with Crippen molar-refractivity contribution >= 4 is 0 Å². The summed E-state index contributed by atoms with van der Waals surface area (Å²) >= 11 is 0. The van der Waals surface area contributed by atoms with Crippen LogP contribution >= 0.6 is 0 Å². The van der Waals surface area contributed by atoms with Gasteiger partial charge in [0.15, 0.2) is 0 Å². The Hall–Kier alpha value is -1.88. The third-order valence-electron chi connectivity index (χ3n) is 2.86. The van der Waals surface area contributed by atoms with Crippen LogP contribution in [0.3, 0.4) is 0 Å². The molecule has 0 saturated carbocycles. The molecule has 96 valence electrons. The van der Waals surface area contributed by atoms with Gasteiger partial charge in [0.1, 0.15) is 11.4 Å². The van der Waals surface area contributed by atoms with E-state index in [2.05, 4.69) is 10.1 Å². The molecule has 0 aliphatic heterocycles. The van der Waals surface area contributed by atoms with Crippen molar-refractivity contribution in [3.05, 3.63) is 29.6 Å². The Morgan fingerprint density at radius 1 is 1.33 bits per heavy atom. The molecular weight excluding hydrogens is 232 g/mol. The molecule has 1 aromatic heterocycles. The quantitative estimate of drug-likeness (QED) is 0.904. The SMILES string of the molecule is COC(C)(C)c1noc(-c2cc(C)ccc2O)n1. The van der Waals surface area contributed by atoms with Crippen LogP contribution in [-0.4, -0.2) is 22.4 Å². The summed E-state index contributed by atoms with van der Waals surface area (Å²) < 4.78 is 10.5. The molecule has 0 unspecified atom stereocenters. The van der Waals surface area contributed by atoms with Crippen LogP contribution in [0.5, 0.6) is 5.75 Å². The maximum atomic E-state index is 9.80. The van der Waals surface area contributed by atoms with Gasteiger partial charge in [0.2, 0.25) is 5.82 Å². The van der Waals surface area contributed by atoms with E-state index in [0.717, 1.165) is 5.56 Å². The molecule has 0 bridgehead atoms. The molecule has 0 saturated heterocycles. The first-order valence-electron chi connectivity index (χ1n) is 5.63. The zero-order valence-corrected chi connectivity index (χ0v) is 10.9. The van der Waals surface area contributed by atoms with Gasteiger partial charge in [0.05, 0.1) is 5.56 Å². The number of rotatable bonds is 3. The molecule has 0 fully saturated rings. The monoisotopic (exact) mass is 248 g/mol. The van der Waals surface area contributed by atoms with Crippen molar-refractivity contribution in [1.82, 2.24) is 10.1 Å². The van der Waals surface area contributed by atoms with E-state index in [1.165, 1.54) is 0 Å². The van der Waals surface area contributed by atoms with E-state index in [9.17, 15) is 5.11 Å². The first kappa shape index (κ1) is 12.6. The summed E-state index contributed by atoms with van der Waals surface area (Å²) in [5, 5.41) is 13.7. The Bertz CT molecular complexity index is 561. The normalized spacial score (nSPS) is 11.8. The smallest absolute Gasteiger partial charge is 0.261 e. The number of phenols is 1. The molecule has 5 heteroatoms. The van der Waals surface area contributed by atoms with Gasteiger partial charge in [-0.1, -0.05) is 16.8 Å². The zero-order valence-electron chi connectivity index (χ0n) is 10.9. The fourth-order valence-corrected chi connectivity index (χ4v) is 1.49. The van der Waals surface area contributed by atoms with Gasteiger partial charge in [0, 0.05) is 7.11 Å². The van der Waals surface area contributed by atoms with E-state index < -0.39 is 5.60 Å². The van der Waals surface area contributed by atoms with Gasteiger partial charge in [-0.15, -0.1) is 0 Å². The maximum absolute atomic E-state index is 9.80. The van der Waals surface area contributed by atoms with E-state index in [1.54, 1.807) is 19.2 Å². The Balaban J connectivity index is 2.44. The van der Waals surface area contributed by atoms with Crippen molar-refractivity contribution in [1.29, 1.82) is 0 Å². The predicted octanol–water partition coefficient (Wildman–Crippen LogP) is 2.63. The van der Waals surface area contributed by atoms with Crippen LogP contribution in [-0.2, 0) is 10.3 Å². The third-order valence-corrected chi connectivity index (χ3v) is 2.86. The molecule has 5 nitrogen and oxygen atoms in total. The van der Waals surface area contributed by atoms with Crippen molar-refractivity contribution in [3.63, 3.8) is 0 Å². The van der Waals surface area contributed by atoms with E-state index >= 15 is 0 Å². The topological polar surface area (TPSA) is 68.4 Å². The van der Waals surface area contributed by atoms with Gasteiger partial charge in [0.25, 0.3) is 5.89 Å². The lowest BCUT2D eigenvalue weighted by Gasteiger charge is -2.17. The highest BCUT2D eigenvalue weighted by Gasteiger charge is 2.27. The number of phenolic OH excluding ortho intramolecular Hbond substituents is 1. The van der Waals surface area contributed by atoms with E-state index in [4.69, 9.17) is 9.26 Å². The number of aromatic nitrogens is 2. The molecular formula is C13H16N2O3. The average Bonchev–Trinajstić information content (AvgIpc) is 2.82. The van der Waals surface area contributed by atoms with Crippen LogP contribution in [0.15, 0.2) is 22.7 Å². The largest absolute Gasteiger partial charge is 0.507 e. The summed E-state index contributed by atoms with van der Waals surface area (Å²) in [4.78, 5) is 4.26. The molecule has 2 aromatic rings. The van der Waals surface area contributed by atoms with Crippen LogP contribution in [0, 0.1) is 6.92 Å². The van der Waals surface area contributed by atoms with Crippen LogP contribution in [0.25, 0.3) is 11.5 Å². The van der Waals surface area contributed by atoms with Gasteiger partial charge >= 0.3 is 0 Å². The highest BCUT2D eigenvalue weighted by atomic mass is 16.5. The second-order valence-corrected chi connectivity index (χ2v) is 4.66. The molecule has 1 N–H and O–H groups in total. The highest BCUT2D eigenvalue weighted by molar-refractivity contribution is 5.63. The van der Waals surface area contributed by atoms with Crippen molar-refractivity contribution in [2.75, 3.05) is 7.11 Å². The molecule has 0 aliphatic rings. The number of nitrogens with zero attached hydrogens (tertiary/aromatic N) is 2. The van der Waals surface area contributed by atoms with Crippen molar-refractivity contribution in [3.8, 4) is 17.2 Å².